The quantitative estimate of drug-likeness (QED) is 0.624. The zero-order chi connectivity index (χ0) is 8.27. The van der Waals surface area contributed by atoms with Gasteiger partial charge < -0.3 is 5.32 Å². The van der Waals surface area contributed by atoms with Gasteiger partial charge in [-0.2, -0.15) is 0 Å². The standard InChI is InChI=1S/C9H16N2/c1-4-7(2)8-5-6-11-9(8)10-3/h5-6,9-11H,4H2,1-3H3/b8-7-. The Bertz CT molecular complexity index is 192. The van der Waals surface area contributed by atoms with Crippen molar-refractivity contribution < 1.29 is 0 Å². The molecule has 62 valence electrons. The fourth-order valence-corrected chi connectivity index (χ4v) is 1.25. The third-order valence-electron chi connectivity index (χ3n) is 2.15. The molecule has 2 N–H and O–H groups in total. The van der Waals surface area contributed by atoms with Crippen molar-refractivity contribution in [3.05, 3.63) is 23.4 Å². The second kappa shape index (κ2) is 3.58. The van der Waals surface area contributed by atoms with Gasteiger partial charge in [-0.05, 0) is 38.2 Å². The minimum atomic E-state index is 0.329. The lowest BCUT2D eigenvalue weighted by molar-refractivity contribution is 0.607. The van der Waals surface area contributed by atoms with Gasteiger partial charge in [0.25, 0.3) is 0 Å². The Labute approximate surface area is 68.4 Å². The van der Waals surface area contributed by atoms with Crippen LogP contribution >= 0.6 is 0 Å². The van der Waals surface area contributed by atoms with E-state index in [4.69, 9.17) is 0 Å². The molecule has 0 radical (unpaired) electrons. The van der Waals surface area contributed by atoms with Gasteiger partial charge in [-0.3, -0.25) is 5.32 Å². The Morgan fingerprint density at radius 3 is 3.00 bits per heavy atom. The smallest absolute Gasteiger partial charge is 0.102 e. The number of nitrogens with one attached hydrogen (secondary N) is 2. The van der Waals surface area contributed by atoms with E-state index in [9.17, 15) is 0 Å². The normalized spacial score (nSPS) is 27.0. The summed E-state index contributed by atoms with van der Waals surface area (Å²) in [6.45, 7) is 4.36. The Balaban J connectivity index is 2.77. The average Bonchev–Trinajstić information content (AvgIpc) is 2.50. The molecule has 1 aliphatic heterocycles. The zero-order valence-corrected chi connectivity index (χ0v) is 7.44. The van der Waals surface area contributed by atoms with Crippen LogP contribution in [0.2, 0.25) is 0 Å². The van der Waals surface area contributed by atoms with Crippen LogP contribution in [0.15, 0.2) is 23.4 Å². The summed E-state index contributed by atoms with van der Waals surface area (Å²) in [5.41, 5.74) is 2.83. The molecule has 1 atom stereocenters. The lowest BCUT2D eigenvalue weighted by Crippen LogP contribution is -2.35. The number of hydrogen-bond acceptors (Lipinski definition) is 2. The highest BCUT2D eigenvalue weighted by molar-refractivity contribution is 5.33. The van der Waals surface area contributed by atoms with Crippen molar-refractivity contribution in [3.8, 4) is 0 Å². The first-order chi connectivity index (χ1) is 5.29. The highest BCUT2D eigenvalue weighted by Gasteiger charge is 2.13. The number of rotatable bonds is 2. The third kappa shape index (κ3) is 1.63. The summed E-state index contributed by atoms with van der Waals surface area (Å²) in [5.74, 6) is 0. The molecule has 1 heterocycles. The van der Waals surface area contributed by atoms with E-state index in [1.165, 1.54) is 11.1 Å². The van der Waals surface area contributed by atoms with E-state index in [2.05, 4.69) is 30.6 Å². The lowest BCUT2D eigenvalue weighted by atomic mass is 10.1. The van der Waals surface area contributed by atoms with Gasteiger partial charge in [0.15, 0.2) is 0 Å². The SMILES string of the molecule is CC/C(C)=C1/C=CNC1NC. The van der Waals surface area contributed by atoms with Crippen LogP contribution in [-0.2, 0) is 0 Å². The number of likely N-dealkylation sites (N-methyl/N-ethyl adjacent to an activating group) is 1. The molecule has 0 aromatic rings. The van der Waals surface area contributed by atoms with E-state index in [1.807, 2.05) is 13.2 Å². The highest BCUT2D eigenvalue weighted by atomic mass is 15.1. The minimum absolute atomic E-state index is 0.329. The Morgan fingerprint density at radius 1 is 1.73 bits per heavy atom. The third-order valence-corrected chi connectivity index (χ3v) is 2.15. The molecule has 11 heavy (non-hydrogen) atoms. The highest BCUT2D eigenvalue weighted by Crippen LogP contribution is 2.15. The Morgan fingerprint density at radius 2 is 2.45 bits per heavy atom. The molecule has 0 aromatic carbocycles. The summed E-state index contributed by atoms with van der Waals surface area (Å²) >= 11 is 0. The van der Waals surface area contributed by atoms with Gasteiger partial charge in [0.05, 0.1) is 0 Å². The second-order valence-electron chi connectivity index (χ2n) is 2.81. The molecule has 0 spiro atoms. The van der Waals surface area contributed by atoms with E-state index in [0.717, 1.165) is 6.42 Å². The maximum absolute atomic E-state index is 3.22. The van der Waals surface area contributed by atoms with Crippen molar-refractivity contribution in [2.45, 2.75) is 26.4 Å². The van der Waals surface area contributed by atoms with Crippen LogP contribution in [0.4, 0.5) is 0 Å². The molecular formula is C9H16N2. The van der Waals surface area contributed by atoms with E-state index in [-0.39, 0.29) is 0 Å². The monoisotopic (exact) mass is 152 g/mol. The molecule has 0 aromatic heterocycles. The van der Waals surface area contributed by atoms with Crippen molar-refractivity contribution >= 4 is 0 Å². The van der Waals surface area contributed by atoms with Crippen LogP contribution in [0.25, 0.3) is 0 Å². The van der Waals surface area contributed by atoms with Crippen molar-refractivity contribution in [2.75, 3.05) is 7.05 Å². The average molecular weight is 152 g/mol. The molecule has 1 unspecified atom stereocenters. The molecule has 0 aliphatic carbocycles. The lowest BCUT2D eigenvalue weighted by Gasteiger charge is -2.13. The second-order valence-corrected chi connectivity index (χ2v) is 2.81. The first kappa shape index (κ1) is 8.34. The van der Waals surface area contributed by atoms with Crippen LogP contribution < -0.4 is 10.6 Å². The van der Waals surface area contributed by atoms with Gasteiger partial charge in [-0.15, -0.1) is 0 Å². The van der Waals surface area contributed by atoms with E-state index >= 15 is 0 Å². The topological polar surface area (TPSA) is 24.1 Å². The summed E-state index contributed by atoms with van der Waals surface area (Å²) < 4.78 is 0. The van der Waals surface area contributed by atoms with Gasteiger partial charge in [0.2, 0.25) is 0 Å². The molecule has 2 nitrogen and oxygen atoms in total. The molecule has 0 saturated carbocycles. The fraction of sp³-hybridized carbons (Fsp3) is 0.556. The van der Waals surface area contributed by atoms with Crippen LogP contribution in [-0.4, -0.2) is 13.2 Å². The van der Waals surface area contributed by atoms with Crippen molar-refractivity contribution in [1.29, 1.82) is 0 Å². The van der Waals surface area contributed by atoms with Crippen LogP contribution in [0, 0.1) is 0 Å². The molecule has 1 rings (SSSR count). The Hall–Kier alpha value is -0.760. The van der Waals surface area contributed by atoms with E-state index in [0.29, 0.717) is 6.17 Å². The van der Waals surface area contributed by atoms with Crippen molar-refractivity contribution in [1.82, 2.24) is 10.6 Å². The number of hydrogen-bond donors (Lipinski definition) is 2. The first-order valence-corrected chi connectivity index (χ1v) is 4.09. The molecular weight excluding hydrogens is 136 g/mol. The first-order valence-electron chi connectivity index (χ1n) is 4.09. The summed E-state index contributed by atoms with van der Waals surface area (Å²) in [6.07, 6.45) is 5.59. The van der Waals surface area contributed by atoms with Crippen molar-refractivity contribution in [3.63, 3.8) is 0 Å². The van der Waals surface area contributed by atoms with Gasteiger partial charge >= 0.3 is 0 Å². The maximum atomic E-state index is 3.22. The summed E-state index contributed by atoms with van der Waals surface area (Å²) in [6, 6.07) is 0. The van der Waals surface area contributed by atoms with Gasteiger partial charge in [0.1, 0.15) is 6.17 Å². The summed E-state index contributed by atoms with van der Waals surface area (Å²) in [4.78, 5) is 0. The van der Waals surface area contributed by atoms with Gasteiger partial charge in [-0.25, -0.2) is 0 Å². The number of allylic oxidation sites excluding steroid dienone is 1. The molecule has 0 amide bonds. The summed E-state index contributed by atoms with van der Waals surface area (Å²) in [7, 11) is 1.97. The van der Waals surface area contributed by atoms with Gasteiger partial charge in [-0.1, -0.05) is 12.5 Å². The minimum Gasteiger partial charge on any atom is -0.372 e. The molecule has 1 aliphatic rings. The van der Waals surface area contributed by atoms with Crippen LogP contribution in [0.3, 0.4) is 0 Å². The van der Waals surface area contributed by atoms with E-state index in [1.54, 1.807) is 0 Å². The molecule has 0 saturated heterocycles. The van der Waals surface area contributed by atoms with Gasteiger partial charge in [0, 0.05) is 0 Å². The Kier molecular flexibility index (Phi) is 2.71. The van der Waals surface area contributed by atoms with E-state index < -0.39 is 0 Å². The zero-order valence-electron chi connectivity index (χ0n) is 7.44. The predicted octanol–water partition coefficient (Wildman–Crippen LogP) is 1.38. The summed E-state index contributed by atoms with van der Waals surface area (Å²) in [5, 5.41) is 6.42. The molecule has 0 fully saturated rings. The molecule has 2 heteroatoms. The predicted molar refractivity (Wildman–Crippen MR) is 48.1 cm³/mol. The van der Waals surface area contributed by atoms with Crippen LogP contribution in [0.1, 0.15) is 20.3 Å². The van der Waals surface area contributed by atoms with Crippen molar-refractivity contribution in [2.24, 2.45) is 0 Å². The fourth-order valence-electron chi connectivity index (χ4n) is 1.25. The molecule has 0 bridgehead atoms. The largest absolute Gasteiger partial charge is 0.372 e. The maximum Gasteiger partial charge on any atom is 0.102 e. The van der Waals surface area contributed by atoms with Crippen LogP contribution in [0.5, 0.6) is 0 Å².